The zero-order valence-electron chi connectivity index (χ0n) is 10.7. The summed E-state index contributed by atoms with van der Waals surface area (Å²) < 4.78 is 0. The first-order chi connectivity index (χ1) is 9.59. The average Bonchev–Trinajstić information content (AvgIpc) is 2.98. The number of thiophene rings is 1. The number of carboxylic acid groups (broad SMARTS) is 1. The molecule has 0 aliphatic heterocycles. The van der Waals surface area contributed by atoms with Crippen LogP contribution in [0.2, 0.25) is 0 Å². The van der Waals surface area contributed by atoms with Crippen LogP contribution < -0.4 is 10.2 Å². The van der Waals surface area contributed by atoms with E-state index in [9.17, 15) is 14.7 Å². The van der Waals surface area contributed by atoms with E-state index in [-0.39, 0.29) is 0 Å². The summed E-state index contributed by atoms with van der Waals surface area (Å²) in [4.78, 5) is 29.1. The zero-order valence-corrected chi connectivity index (χ0v) is 11.5. The molecular formula is C13H13N3O3S. The fourth-order valence-corrected chi connectivity index (χ4v) is 2.37. The first kappa shape index (κ1) is 14.0. The highest BCUT2D eigenvalue weighted by Crippen LogP contribution is 2.20. The zero-order chi connectivity index (χ0) is 14.5. The molecule has 2 aromatic heterocycles. The number of carboxylic acids is 1. The largest absolute Gasteiger partial charge is 0.479 e. The minimum atomic E-state index is -1.10. The van der Waals surface area contributed by atoms with Crippen LogP contribution in [0.3, 0.4) is 0 Å². The number of hydrogen-bond donors (Lipinski definition) is 2. The van der Waals surface area contributed by atoms with Gasteiger partial charge in [0.05, 0.1) is 11.9 Å². The van der Waals surface area contributed by atoms with E-state index in [0.29, 0.717) is 10.6 Å². The van der Waals surface area contributed by atoms with Crippen LogP contribution in [0.15, 0.2) is 42.0 Å². The van der Waals surface area contributed by atoms with Gasteiger partial charge in [-0.2, -0.15) is 0 Å². The molecule has 2 aromatic rings. The molecule has 2 rings (SSSR count). The number of nitrogens with zero attached hydrogens (tertiary/aromatic N) is 2. The van der Waals surface area contributed by atoms with Crippen molar-refractivity contribution in [2.75, 3.05) is 11.9 Å². The molecule has 0 saturated heterocycles. The number of rotatable bonds is 4. The van der Waals surface area contributed by atoms with Gasteiger partial charge < -0.3 is 10.4 Å². The predicted molar refractivity (Wildman–Crippen MR) is 75.9 cm³/mol. The summed E-state index contributed by atoms with van der Waals surface area (Å²) in [6.45, 7) is 0. The molecule has 0 spiro atoms. The highest BCUT2D eigenvalue weighted by atomic mass is 32.1. The second kappa shape index (κ2) is 6.16. The maximum atomic E-state index is 12.1. The van der Waals surface area contributed by atoms with Gasteiger partial charge in [0.15, 0.2) is 6.04 Å². The van der Waals surface area contributed by atoms with E-state index < -0.39 is 18.0 Å². The first-order valence-electron chi connectivity index (χ1n) is 5.80. The first-order valence-corrected chi connectivity index (χ1v) is 6.68. The molecule has 0 aliphatic rings. The Kier molecular flexibility index (Phi) is 4.31. The summed E-state index contributed by atoms with van der Waals surface area (Å²) in [6, 6.07) is 5.28. The lowest BCUT2D eigenvalue weighted by molar-refractivity contribution is -0.139. The molecule has 6 nitrogen and oxygen atoms in total. The molecule has 7 heteroatoms. The fourth-order valence-electron chi connectivity index (χ4n) is 1.60. The monoisotopic (exact) mass is 291 g/mol. The molecule has 20 heavy (non-hydrogen) atoms. The van der Waals surface area contributed by atoms with Crippen LogP contribution in [0.1, 0.15) is 10.9 Å². The average molecular weight is 291 g/mol. The van der Waals surface area contributed by atoms with Crippen molar-refractivity contribution in [3.05, 3.63) is 46.9 Å². The number of aliphatic carboxylic acids is 1. The van der Waals surface area contributed by atoms with E-state index in [1.54, 1.807) is 42.9 Å². The number of anilines is 1. The van der Waals surface area contributed by atoms with Gasteiger partial charge in [-0.05, 0) is 23.6 Å². The topological polar surface area (TPSA) is 82.5 Å². The number of amides is 2. The summed E-state index contributed by atoms with van der Waals surface area (Å²) in [5, 5.41) is 13.5. The Balaban J connectivity index is 2.11. The van der Waals surface area contributed by atoms with Crippen molar-refractivity contribution in [3.63, 3.8) is 0 Å². The Morgan fingerprint density at radius 3 is 2.75 bits per heavy atom. The highest BCUT2D eigenvalue weighted by molar-refractivity contribution is 7.10. The van der Waals surface area contributed by atoms with Crippen LogP contribution in [0.25, 0.3) is 0 Å². The van der Waals surface area contributed by atoms with E-state index in [1.165, 1.54) is 22.4 Å². The molecular weight excluding hydrogens is 278 g/mol. The van der Waals surface area contributed by atoms with Crippen LogP contribution >= 0.6 is 11.3 Å². The van der Waals surface area contributed by atoms with Gasteiger partial charge in [0.2, 0.25) is 0 Å². The van der Waals surface area contributed by atoms with Crippen molar-refractivity contribution in [2.24, 2.45) is 0 Å². The van der Waals surface area contributed by atoms with Crippen LogP contribution in [0.5, 0.6) is 0 Å². The third-order valence-electron chi connectivity index (χ3n) is 2.68. The number of nitrogens with one attached hydrogen (secondary N) is 1. The molecule has 104 valence electrons. The lowest BCUT2D eigenvalue weighted by Gasteiger charge is -2.20. The van der Waals surface area contributed by atoms with Crippen LogP contribution in [0, 0.1) is 0 Å². The minimum absolute atomic E-state index is 0.501. The van der Waals surface area contributed by atoms with Crippen LogP contribution in [-0.2, 0) is 4.79 Å². The van der Waals surface area contributed by atoms with Crippen LogP contribution in [-0.4, -0.2) is 29.1 Å². The van der Waals surface area contributed by atoms with Crippen molar-refractivity contribution in [1.29, 1.82) is 0 Å². The number of carbonyl (C=O) groups excluding carboxylic acids is 1. The summed E-state index contributed by atoms with van der Waals surface area (Å²) in [7, 11) is 1.56. The molecule has 1 unspecified atom stereocenters. The van der Waals surface area contributed by atoms with E-state index >= 15 is 0 Å². The van der Waals surface area contributed by atoms with Gasteiger partial charge in [0, 0.05) is 18.1 Å². The van der Waals surface area contributed by atoms with Gasteiger partial charge in [-0.3, -0.25) is 9.88 Å². The van der Waals surface area contributed by atoms with Crippen molar-refractivity contribution in [1.82, 2.24) is 10.3 Å². The number of hydrogen-bond acceptors (Lipinski definition) is 4. The smallest absolute Gasteiger partial charge is 0.331 e. The molecule has 2 heterocycles. The van der Waals surface area contributed by atoms with Crippen molar-refractivity contribution in [2.45, 2.75) is 6.04 Å². The Hall–Kier alpha value is -2.41. The number of urea groups is 1. The maximum absolute atomic E-state index is 12.1. The summed E-state index contributed by atoms with van der Waals surface area (Å²) in [5.41, 5.74) is 0.584. The summed E-state index contributed by atoms with van der Waals surface area (Å²) in [6.07, 6.45) is 3.13. The van der Waals surface area contributed by atoms with E-state index in [1.807, 2.05) is 0 Å². The number of carbonyl (C=O) groups is 2. The van der Waals surface area contributed by atoms with Crippen molar-refractivity contribution >= 4 is 29.0 Å². The Bertz CT molecular complexity index is 586. The number of pyridine rings is 1. The van der Waals surface area contributed by atoms with E-state index in [4.69, 9.17) is 0 Å². The van der Waals surface area contributed by atoms with E-state index in [2.05, 4.69) is 10.3 Å². The molecule has 0 aliphatic carbocycles. The quantitative estimate of drug-likeness (QED) is 0.904. The molecule has 2 amide bonds. The predicted octanol–water partition coefficient (Wildman–Crippen LogP) is 2.11. The van der Waals surface area contributed by atoms with Gasteiger partial charge in [0.1, 0.15) is 0 Å². The third-order valence-corrected chi connectivity index (χ3v) is 3.62. The molecule has 0 fully saturated rings. The summed E-state index contributed by atoms with van der Waals surface area (Å²) in [5.74, 6) is -1.10. The van der Waals surface area contributed by atoms with Crippen molar-refractivity contribution in [3.8, 4) is 0 Å². The Labute approximate surface area is 119 Å². The Morgan fingerprint density at radius 1 is 1.40 bits per heavy atom. The van der Waals surface area contributed by atoms with E-state index in [0.717, 1.165) is 0 Å². The van der Waals surface area contributed by atoms with Crippen LogP contribution in [0.4, 0.5) is 10.5 Å². The van der Waals surface area contributed by atoms with Crippen molar-refractivity contribution < 1.29 is 14.7 Å². The lowest BCUT2D eigenvalue weighted by Crippen LogP contribution is -2.41. The van der Waals surface area contributed by atoms with Gasteiger partial charge in [0.25, 0.3) is 0 Å². The van der Waals surface area contributed by atoms with Gasteiger partial charge in [-0.25, -0.2) is 9.59 Å². The third kappa shape index (κ3) is 3.12. The molecule has 2 N–H and O–H groups in total. The molecule has 0 aromatic carbocycles. The van der Waals surface area contributed by atoms with Gasteiger partial charge in [-0.1, -0.05) is 6.07 Å². The molecule has 1 atom stereocenters. The molecule has 0 radical (unpaired) electrons. The SMILES string of the molecule is CN(C(=O)NC(C(=O)O)c1cccs1)c1cccnc1. The molecule has 0 bridgehead atoms. The molecule has 0 saturated carbocycles. The highest BCUT2D eigenvalue weighted by Gasteiger charge is 2.24. The summed E-state index contributed by atoms with van der Waals surface area (Å²) >= 11 is 1.28. The second-order valence-electron chi connectivity index (χ2n) is 4.01. The lowest BCUT2D eigenvalue weighted by atomic mass is 10.2. The Morgan fingerprint density at radius 2 is 2.20 bits per heavy atom. The minimum Gasteiger partial charge on any atom is -0.479 e. The van der Waals surface area contributed by atoms with Gasteiger partial charge >= 0.3 is 12.0 Å². The maximum Gasteiger partial charge on any atom is 0.331 e. The van der Waals surface area contributed by atoms with Gasteiger partial charge in [-0.15, -0.1) is 11.3 Å². The second-order valence-corrected chi connectivity index (χ2v) is 4.99. The fraction of sp³-hybridized carbons (Fsp3) is 0.154. The normalized spacial score (nSPS) is 11.7. The number of aromatic nitrogens is 1. The standard InChI is InChI=1S/C13H13N3O3S/c1-16(9-4-2-6-14-8-9)13(19)15-11(12(17)18)10-5-3-7-20-10/h2-8,11H,1H3,(H,15,19)(H,17,18).